The van der Waals surface area contributed by atoms with E-state index in [-0.39, 0.29) is 11.4 Å². The van der Waals surface area contributed by atoms with Crippen molar-refractivity contribution in [2.45, 2.75) is 25.8 Å². The van der Waals surface area contributed by atoms with E-state index in [1.807, 2.05) is 0 Å². The maximum Gasteiger partial charge on any atom is 0.319 e. The van der Waals surface area contributed by atoms with Gasteiger partial charge in [-0.15, -0.1) is 0 Å². The molecule has 0 unspecified atom stereocenters. The molecular weight excluding hydrogens is 275 g/mol. The first kappa shape index (κ1) is 15.2. The molecule has 19 heavy (non-hydrogen) atoms. The lowest BCUT2D eigenvalue weighted by molar-refractivity contribution is -0.138. The van der Waals surface area contributed by atoms with Crippen LogP contribution in [0.5, 0.6) is 0 Å². The van der Waals surface area contributed by atoms with E-state index in [2.05, 4.69) is 10.6 Å². The Kier molecular flexibility index (Phi) is 4.72. The van der Waals surface area contributed by atoms with E-state index in [0.717, 1.165) is 6.07 Å². The molecule has 0 spiro atoms. The van der Waals surface area contributed by atoms with Crippen LogP contribution in [0.4, 0.5) is 14.9 Å². The summed E-state index contributed by atoms with van der Waals surface area (Å²) in [5.74, 6) is -1.60. The molecule has 1 rings (SSSR count). The van der Waals surface area contributed by atoms with E-state index in [9.17, 15) is 14.0 Å². The third kappa shape index (κ3) is 5.13. The number of carbonyl (C=O) groups is 2. The Labute approximate surface area is 114 Å². The highest BCUT2D eigenvalue weighted by atomic mass is 35.5. The molecule has 0 saturated heterocycles. The van der Waals surface area contributed by atoms with Gasteiger partial charge < -0.3 is 15.7 Å². The van der Waals surface area contributed by atoms with Gasteiger partial charge in [0.2, 0.25) is 0 Å². The summed E-state index contributed by atoms with van der Waals surface area (Å²) in [6.07, 6.45) is -0.218. The van der Waals surface area contributed by atoms with Crippen LogP contribution in [0.1, 0.15) is 20.3 Å². The van der Waals surface area contributed by atoms with Crippen molar-refractivity contribution in [3.63, 3.8) is 0 Å². The predicted octanol–water partition coefficient (Wildman–Crippen LogP) is 2.85. The Morgan fingerprint density at radius 2 is 2.05 bits per heavy atom. The summed E-state index contributed by atoms with van der Waals surface area (Å²) < 4.78 is 12.9. The molecule has 0 bridgehead atoms. The average molecular weight is 289 g/mol. The van der Waals surface area contributed by atoms with Gasteiger partial charge in [-0.3, -0.25) is 4.79 Å². The molecule has 0 fully saturated rings. The van der Waals surface area contributed by atoms with Gasteiger partial charge in [0.1, 0.15) is 5.82 Å². The fourth-order valence-corrected chi connectivity index (χ4v) is 1.65. The Morgan fingerprint density at radius 3 is 2.58 bits per heavy atom. The van der Waals surface area contributed by atoms with Gasteiger partial charge in [0.25, 0.3) is 0 Å². The maximum atomic E-state index is 12.9. The molecule has 3 N–H and O–H groups in total. The first-order valence-electron chi connectivity index (χ1n) is 5.45. The second-order valence-corrected chi connectivity index (χ2v) is 5.07. The number of halogens is 2. The molecule has 0 aliphatic heterocycles. The lowest BCUT2D eigenvalue weighted by atomic mass is 10.0. The molecule has 0 aliphatic carbocycles. The minimum absolute atomic E-state index is 0.109. The second kappa shape index (κ2) is 5.88. The average Bonchev–Trinajstić information content (AvgIpc) is 2.20. The van der Waals surface area contributed by atoms with E-state index in [0.29, 0.717) is 5.69 Å². The number of benzene rings is 1. The summed E-state index contributed by atoms with van der Waals surface area (Å²) >= 11 is 5.57. The molecule has 0 atom stereocenters. The molecule has 1 aromatic rings. The molecule has 7 heteroatoms. The summed E-state index contributed by atoms with van der Waals surface area (Å²) in [4.78, 5) is 22.3. The van der Waals surface area contributed by atoms with Crippen molar-refractivity contribution in [3.8, 4) is 0 Å². The summed E-state index contributed by atoms with van der Waals surface area (Å²) in [7, 11) is 0. The monoisotopic (exact) mass is 288 g/mol. The Hall–Kier alpha value is -1.82. The van der Waals surface area contributed by atoms with Crippen LogP contribution in [-0.2, 0) is 4.79 Å². The number of hydrogen-bond donors (Lipinski definition) is 3. The number of carbonyl (C=O) groups excluding carboxylic acids is 1. The highest BCUT2D eigenvalue weighted by Crippen LogP contribution is 2.19. The Morgan fingerprint density at radius 1 is 1.42 bits per heavy atom. The zero-order valence-corrected chi connectivity index (χ0v) is 11.2. The number of anilines is 1. The van der Waals surface area contributed by atoms with Gasteiger partial charge in [-0.1, -0.05) is 11.6 Å². The van der Waals surface area contributed by atoms with Crippen LogP contribution in [0.2, 0.25) is 5.02 Å². The SMILES string of the molecule is CC(C)(CC(=O)O)NC(=O)Nc1ccc(F)c(Cl)c1. The fraction of sp³-hybridized carbons (Fsp3) is 0.333. The molecule has 0 aromatic heterocycles. The predicted molar refractivity (Wildman–Crippen MR) is 69.9 cm³/mol. The molecule has 0 radical (unpaired) electrons. The lowest BCUT2D eigenvalue weighted by Gasteiger charge is -2.24. The van der Waals surface area contributed by atoms with Gasteiger partial charge in [0.05, 0.1) is 11.4 Å². The minimum atomic E-state index is -1.02. The van der Waals surface area contributed by atoms with Crippen LogP contribution < -0.4 is 10.6 Å². The number of carboxylic acids is 1. The Balaban J connectivity index is 2.64. The number of carboxylic acid groups (broad SMARTS) is 1. The zero-order valence-electron chi connectivity index (χ0n) is 10.5. The van der Waals surface area contributed by atoms with Gasteiger partial charge in [0, 0.05) is 11.2 Å². The van der Waals surface area contributed by atoms with Crippen LogP contribution in [0.15, 0.2) is 18.2 Å². The van der Waals surface area contributed by atoms with Crippen molar-refractivity contribution in [2.24, 2.45) is 0 Å². The van der Waals surface area contributed by atoms with Crippen molar-refractivity contribution >= 4 is 29.3 Å². The van der Waals surface area contributed by atoms with E-state index >= 15 is 0 Å². The van der Waals surface area contributed by atoms with Gasteiger partial charge in [-0.05, 0) is 32.0 Å². The quantitative estimate of drug-likeness (QED) is 0.797. The van der Waals surface area contributed by atoms with E-state index in [1.165, 1.54) is 12.1 Å². The summed E-state index contributed by atoms with van der Waals surface area (Å²) in [6.45, 7) is 3.16. The van der Waals surface area contributed by atoms with Crippen LogP contribution >= 0.6 is 11.6 Å². The molecule has 0 aliphatic rings. The highest BCUT2D eigenvalue weighted by Gasteiger charge is 2.23. The molecule has 2 amide bonds. The fourth-order valence-electron chi connectivity index (χ4n) is 1.47. The third-order valence-electron chi connectivity index (χ3n) is 2.22. The summed E-state index contributed by atoms with van der Waals surface area (Å²) in [5, 5.41) is 13.5. The van der Waals surface area contributed by atoms with E-state index < -0.39 is 23.4 Å². The number of hydrogen-bond acceptors (Lipinski definition) is 2. The molecule has 104 valence electrons. The van der Waals surface area contributed by atoms with Crippen molar-refractivity contribution in [1.82, 2.24) is 5.32 Å². The standard InChI is InChI=1S/C12H14ClFN2O3/c1-12(2,6-10(17)18)16-11(19)15-7-3-4-9(14)8(13)5-7/h3-5H,6H2,1-2H3,(H,17,18)(H2,15,16,19). The van der Waals surface area contributed by atoms with Gasteiger partial charge >= 0.3 is 12.0 Å². The maximum absolute atomic E-state index is 12.9. The molecule has 0 saturated carbocycles. The van der Waals surface area contributed by atoms with Gasteiger partial charge in [-0.2, -0.15) is 0 Å². The largest absolute Gasteiger partial charge is 0.481 e. The number of nitrogens with one attached hydrogen (secondary N) is 2. The van der Waals surface area contributed by atoms with Crippen LogP contribution in [0, 0.1) is 5.82 Å². The smallest absolute Gasteiger partial charge is 0.319 e. The summed E-state index contributed by atoms with van der Waals surface area (Å²) in [6, 6.07) is 3.15. The first-order valence-corrected chi connectivity index (χ1v) is 5.83. The Bertz CT molecular complexity index is 506. The van der Waals surface area contributed by atoms with E-state index in [1.54, 1.807) is 13.8 Å². The van der Waals surface area contributed by atoms with E-state index in [4.69, 9.17) is 16.7 Å². The van der Waals surface area contributed by atoms with Crippen LogP contribution in [-0.4, -0.2) is 22.6 Å². The number of aliphatic carboxylic acids is 1. The molecular formula is C12H14ClFN2O3. The van der Waals surface area contributed by atoms with Crippen molar-refractivity contribution in [2.75, 3.05) is 5.32 Å². The van der Waals surface area contributed by atoms with Crippen molar-refractivity contribution in [3.05, 3.63) is 29.0 Å². The normalized spacial score (nSPS) is 10.9. The molecule has 5 nitrogen and oxygen atoms in total. The minimum Gasteiger partial charge on any atom is -0.481 e. The van der Waals surface area contributed by atoms with Crippen LogP contribution in [0.25, 0.3) is 0 Å². The topological polar surface area (TPSA) is 78.4 Å². The lowest BCUT2D eigenvalue weighted by Crippen LogP contribution is -2.46. The number of rotatable bonds is 4. The zero-order chi connectivity index (χ0) is 14.6. The first-order chi connectivity index (χ1) is 8.69. The van der Waals surface area contributed by atoms with Crippen LogP contribution in [0.3, 0.4) is 0 Å². The van der Waals surface area contributed by atoms with Gasteiger partial charge in [-0.25, -0.2) is 9.18 Å². The molecule has 0 heterocycles. The highest BCUT2D eigenvalue weighted by molar-refractivity contribution is 6.31. The third-order valence-corrected chi connectivity index (χ3v) is 2.51. The van der Waals surface area contributed by atoms with Gasteiger partial charge in [0.15, 0.2) is 0 Å². The number of amides is 2. The number of urea groups is 1. The van der Waals surface area contributed by atoms with Crippen molar-refractivity contribution < 1.29 is 19.1 Å². The van der Waals surface area contributed by atoms with Crippen molar-refractivity contribution in [1.29, 1.82) is 0 Å². The summed E-state index contributed by atoms with van der Waals surface area (Å²) in [5.41, 5.74) is -0.588. The second-order valence-electron chi connectivity index (χ2n) is 4.66. The molecule has 1 aromatic carbocycles.